The molecule has 3 amide bonds. The molecule has 3 fully saturated rings. The highest BCUT2D eigenvalue weighted by molar-refractivity contribution is 6.01. The van der Waals surface area contributed by atoms with E-state index in [0.717, 1.165) is 38.8 Å². The van der Waals surface area contributed by atoms with Crippen LogP contribution in [0.15, 0.2) is 6.07 Å². The predicted molar refractivity (Wildman–Crippen MR) is 127 cm³/mol. The lowest BCUT2D eigenvalue weighted by Crippen LogP contribution is -2.63. The van der Waals surface area contributed by atoms with Gasteiger partial charge in [0.1, 0.15) is 11.2 Å². The average Bonchev–Trinajstić information content (AvgIpc) is 3.53. The van der Waals surface area contributed by atoms with Crippen LogP contribution in [0.1, 0.15) is 85.7 Å². The molecule has 4 aliphatic rings. The van der Waals surface area contributed by atoms with E-state index in [-0.39, 0.29) is 30.3 Å². The predicted octanol–water partition coefficient (Wildman–Crippen LogP) is 1.88. The summed E-state index contributed by atoms with van der Waals surface area (Å²) in [6.07, 6.45) is 10.7. The van der Waals surface area contributed by atoms with Crippen molar-refractivity contribution in [2.24, 2.45) is 0 Å². The molecule has 186 valence electrons. The van der Waals surface area contributed by atoms with Gasteiger partial charge in [-0.25, -0.2) is 0 Å². The highest BCUT2D eigenvalue weighted by Crippen LogP contribution is 2.28. The van der Waals surface area contributed by atoms with E-state index < -0.39 is 5.54 Å². The van der Waals surface area contributed by atoms with Gasteiger partial charge in [-0.1, -0.05) is 32.1 Å². The first kappa shape index (κ1) is 23.3. The highest BCUT2D eigenvalue weighted by Gasteiger charge is 2.47. The van der Waals surface area contributed by atoms with Crippen LogP contribution < -0.4 is 5.32 Å². The minimum absolute atomic E-state index is 0.127. The van der Waals surface area contributed by atoms with E-state index in [2.05, 4.69) is 15.3 Å². The van der Waals surface area contributed by atoms with Crippen molar-refractivity contribution in [3.05, 3.63) is 17.5 Å². The topological polar surface area (TPSA) is 90.8 Å². The number of piperazine rings is 1. The third-order valence-corrected chi connectivity index (χ3v) is 8.59. The molecular weight excluding hydrogens is 432 g/mol. The first-order valence-corrected chi connectivity index (χ1v) is 13.1. The van der Waals surface area contributed by atoms with Gasteiger partial charge in [0.2, 0.25) is 5.91 Å². The van der Waals surface area contributed by atoms with Crippen LogP contribution >= 0.6 is 0 Å². The second-order valence-electron chi connectivity index (χ2n) is 10.8. The molecule has 34 heavy (non-hydrogen) atoms. The van der Waals surface area contributed by atoms with E-state index in [1.165, 1.54) is 37.0 Å². The fourth-order valence-corrected chi connectivity index (χ4v) is 6.14. The summed E-state index contributed by atoms with van der Waals surface area (Å²) in [5.41, 5.74) is -0.369. The van der Waals surface area contributed by atoms with Crippen molar-refractivity contribution in [1.82, 2.24) is 29.8 Å². The van der Waals surface area contributed by atoms with E-state index in [0.29, 0.717) is 30.5 Å². The smallest absolute Gasteiger partial charge is 0.274 e. The maximum Gasteiger partial charge on any atom is 0.274 e. The molecule has 5 rings (SSSR count). The Kier molecular flexibility index (Phi) is 6.39. The molecule has 2 saturated carbocycles. The van der Waals surface area contributed by atoms with Gasteiger partial charge in [0.05, 0.1) is 6.54 Å². The Morgan fingerprint density at radius 2 is 1.65 bits per heavy atom. The number of nitrogens with one attached hydrogen (secondary N) is 1. The quantitative estimate of drug-likeness (QED) is 0.726. The third kappa shape index (κ3) is 4.23. The Hall–Kier alpha value is -2.42. The van der Waals surface area contributed by atoms with Gasteiger partial charge in [-0.3, -0.25) is 24.0 Å². The molecule has 0 unspecified atom stereocenters. The van der Waals surface area contributed by atoms with E-state index in [9.17, 15) is 14.4 Å². The van der Waals surface area contributed by atoms with E-state index >= 15 is 0 Å². The second-order valence-corrected chi connectivity index (χ2v) is 10.8. The summed E-state index contributed by atoms with van der Waals surface area (Å²) < 4.78 is 1.56. The zero-order valence-corrected chi connectivity index (χ0v) is 20.6. The van der Waals surface area contributed by atoms with Gasteiger partial charge >= 0.3 is 0 Å². The summed E-state index contributed by atoms with van der Waals surface area (Å²) >= 11 is 0. The summed E-state index contributed by atoms with van der Waals surface area (Å²) in [5.74, 6) is -0.551. The summed E-state index contributed by atoms with van der Waals surface area (Å²) in [7, 11) is 1.67. The Morgan fingerprint density at radius 3 is 2.32 bits per heavy atom. The lowest BCUT2D eigenvalue weighted by Gasteiger charge is -2.41. The number of rotatable bonds is 4. The Morgan fingerprint density at radius 1 is 1.00 bits per heavy atom. The summed E-state index contributed by atoms with van der Waals surface area (Å²) in [6, 6.07) is 2.44. The lowest BCUT2D eigenvalue weighted by molar-refractivity contribution is -0.133. The van der Waals surface area contributed by atoms with Gasteiger partial charge in [-0.05, 0) is 32.6 Å². The second kappa shape index (κ2) is 9.32. The summed E-state index contributed by atoms with van der Waals surface area (Å²) in [4.78, 5) is 45.5. The normalized spacial score (nSPS) is 27.2. The largest absolute Gasteiger partial charge is 0.351 e. The molecular formula is C25H38N6O3. The zero-order chi connectivity index (χ0) is 23.9. The van der Waals surface area contributed by atoms with Crippen molar-refractivity contribution in [2.75, 3.05) is 33.2 Å². The van der Waals surface area contributed by atoms with Crippen molar-refractivity contribution in [2.45, 2.75) is 88.9 Å². The van der Waals surface area contributed by atoms with Gasteiger partial charge in [-0.15, -0.1) is 0 Å². The minimum Gasteiger partial charge on any atom is -0.351 e. The van der Waals surface area contributed by atoms with Gasteiger partial charge < -0.3 is 15.1 Å². The molecule has 0 bridgehead atoms. The Bertz CT molecular complexity index is 940. The number of aromatic nitrogens is 2. The van der Waals surface area contributed by atoms with Crippen molar-refractivity contribution in [3.8, 4) is 0 Å². The van der Waals surface area contributed by atoms with Crippen LogP contribution in [0.25, 0.3) is 0 Å². The van der Waals surface area contributed by atoms with Gasteiger partial charge in [0, 0.05) is 51.4 Å². The first-order valence-electron chi connectivity index (χ1n) is 13.1. The number of nitrogens with zero attached hydrogens (tertiary/aromatic N) is 5. The molecule has 2 aliphatic heterocycles. The Balaban J connectivity index is 1.26. The molecule has 1 N–H and O–H groups in total. The van der Waals surface area contributed by atoms with Crippen LogP contribution in [0.5, 0.6) is 0 Å². The fourth-order valence-electron chi connectivity index (χ4n) is 6.14. The zero-order valence-electron chi connectivity index (χ0n) is 20.6. The molecule has 1 aromatic rings. The molecule has 9 heteroatoms. The maximum atomic E-state index is 13.2. The maximum absolute atomic E-state index is 13.2. The number of hydrogen-bond donors (Lipinski definition) is 1. The number of carbonyl (C=O) groups is 3. The monoisotopic (exact) mass is 470 g/mol. The van der Waals surface area contributed by atoms with Crippen LogP contribution in [-0.2, 0) is 11.3 Å². The van der Waals surface area contributed by atoms with Crippen LogP contribution in [0.4, 0.5) is 0 Å². The number of likely N-dealkylation sites (N-methyl/N-ethyl adjacent to an activating group) is 1. The van der Waals surface area contributed by atoms with Crippen LogP contribution in [-0.4, -0.2) is 93.1 Å². The first-order chi connectivity index (χ1) is 16.4. The lowest BCUT2D eigenvalue weighted by atomic mass is 9.94. The van der Waals surface area contributed by atoms with Crippen LogP contribution in [0.2, 0.25) is 0 Å². The molecule has 9 nitrogen and oxygen atoms in total. The summed E-state index contributed by atoms with van der Waals surface area (Å²) in [5, 5.41) is 7.64. The highest BCUT2D eigenvalue weighted by atomic mass is 16.2. The van der Waals surface area contributed by atoms with Crippen LogP contribution in [0.3, 0.4) is 0 Å². The van der Waals surface area contributed by atoms with E-state index in [1.54, 1.807) is 24.7 Å². The Labute approximate surface area is 201 Å². The number of hydrogen-bond acceptors (Lipinski definition) is 5. The third-order valence-electron chi connectivity index (χ3n) is 8.59. The van der Waals surface area contributed by atoms with Crippen LogP contribution in [0, 0.1) is 0 Å². The van der Waals surface area contributed by atoms with Gasteiger partial charge in [0.15, 0.2) is 5.69 Å². The number of amides is 3. The van der Waals surface area contributed by atoms with E-state index in [1.807, 2.05) is 4.90 Å². The van der Waals surface area contributed by atoms with E-state index in [4.69, 9.17) is 0 Å². The molecule has 0 aromatic carbocycles. The molecule has 3 heterocycles. The molecule has 1 aromatic heterocycles. The molecule has 1 saturated heterocycles. The summed E-state index contributed by atoms with van der Waals surface area (Å²) in [6.45, 7) is 5.19. The molecule has 0 radical (unpaired) electrons. The van der Waals surface area contributed by atoms with Crippen molar-refractivity contribution >= 4 is 17.7 Å². The molecule has 1 atom stereocenters. The molecule has 2 aliphatic carbocycles. The van der Waals surface area contributed by atoms with Crippen molar-refractivity contribution < 1.29 is 14.4 Å². The average molecular weight is 471 g/mol. The standard InChI is InChI=1S/C25H38N6O3/c1-25(24(34)26-18-8-6-7-9-18)17-31-21(23(33)28(25)2)16-20(27-31)22(32)30-14-12-29(13-15-30)19-10-4-3-5-11-19/h16,18-19H,3-15,17H2,1-2H3,(H,26,34)/t25-/m1/s1. The SMILES string of the molecule is CN1C(=O)c2cc(C(=O)N3CCN(C4CCCCC4)CC3)nn2C[C@]1(C)C(=O)NC1CCCC1. The van der Waals surface area contributed by atoms with Gasteiger partial charge in [-0.2, -0.15) is 5.10 Å². The number of carbonyl (C=O) groups excluding carboxylic acids is 3. The number of fused-ring (bicyclic) bond motifs is 1. The minimum atomic E-state index is -1.04. The van der Waals surface area contributed by atoms with Crippen molar-refractivity contribution in [3.63, 3.8) is 0 Å². The van der Waals surface area contributed by atoms with Crippen molar-refractivity contribution in [1.29, 1.82) is 0 Å². The fraction of sp³-hybridized carbons (Fsp3) is 0.760. The molecule has 0 spiro atoms. The van der Waals surface area contributed by atoms with Gasteiger partial charge in [0.25, 0.3) is 11.8 Å².